The molecule has 0 radical (unpaired) electrons. The van der Waals surface area contributed by atoms with Crippen molar-refractivity contribution in [2.45, 2.75) is 39.2 Å². The summed E-state index contributed by atoms with van der Waals surface area (Å²) < 4.78 is 5.27. The second-order valence-corrected chi connectivity index (χ2v) is 6.09. The highest BCUT2D eigenvalue weighted by Gasteiger charge is 2.40. The summed E-state index contributed by atoms with van der Waals surface area (Å²) in [6.45, 7) is 10.6. The third kappa shape index (κ3) is 4.97. The van der Waals surface area contributed by atoms with E-state index in [9.17, 15) is 4.79 Å². The van der Waals surface area contributed by atoms with Crippen LogP contribution in [0.5, 0.6) is 0 Å². The van der Waals surface area contributed by atoms with Gasteiger partial charge in [0.05, 0.1) is 6.61 Å². The zero-order valence-corrected chi connectivity index (χ0v) is 13.4. The highest BCUT2D eigenvalue weighted by molar-refractivity contribution is 7.99. The first-order chi connectivity index (χ1) is 9.18. The summed E-state index contributed by atoms with van der Waals surface area (Å²) in [7, 11) is 0. The molecule has 0 saturated carbocycles. The van der Waals surface area contributed by atoms with E-state index in [1.807, 2.05) is 18.7 Å². The molecule has 0 aromatic rings. The van der Waals surface area contributed by atoms with Crippen LogP contribution in [0.3, 0.4) is 0 Å². The van der Waals surface area contributed by atoms with Crippen LogP contribution in [-0.2, 0) is 9.53 Å². The predicted octanol–water partition coefficient (Wildman–Crippen LogP) is 1.75. The van der Waals surface area contributed by atoms with Crippen LogP contribution in [0.2, 0.25) is 0 Å². The second kappa shape index (κ2) is 8.82. The average molecular weight is 288 g/mol. The normalized spacial score (nSPS) is 18.5. The predicted molar refractivity (Wildman–Crippen MR) is 81.7 cm³/mol. The lowest BCUT2D eigenvalue weighted by atomic mass is 9.92. The monoisotopic (exact) mass is 288 g/mol. The Morgan fingerprint density at radius 2 is 1.89 bits per heavy atom. The van der Waals surface area contributed by atoms with Gasteiger partial charge in [0.25, 0.3) is 0 Å². The molecule has 0 aromatic heterocycles. The van der Waals surface area contributed by atoms with Crippen LogP contribution >= 0.6 is 11.8 Å². The van der Waals surface area contributed by atoms with Crippen LogP contribution < -0.4 is 5.32 Å². The molecule has 112 valence electrons. The van der Waals surface area contributed by atoms with E-state index in [-0.39, 0.29) is 5.97 Å². The molecule has 1 heterocycles. The molecule has 0 spiro atoms. The van der Waals surface area contributed by atoms with Gasteiger partial charge in [-0.15, -0.1) is 0 Å². The Kier molecular flexibility index (Phi) is 7.80. The van der Waals surface area contributed by atoms with Gasteiger partial charge < -0.3 is 15.0 Å². The first-order valence-corrected chi connectivity index (χ1v) is 8.56. The molecule has 4 nitrogen and oxygen atoms in total. The number of nitrogens with zero attached hydrogens (tertiary/aromatic N) is 1. The van der Waals surface area contributed by atoms with E-state index in [1.165, 1.54) is 0 Å². The Labute approximate surface area is 121 Å². The summed E-state index contributed by atoms with van der Waals surface area (Å²) in [5.74, 6) is 2.02. The van der Waals surface area contributed by atoms with E-state index in [4.69, 9.17) is 4.74 Å². The molecular formula is C14H28N2O2S. The molecule has 0 bridgehead atoms. The van der Waals surface area contributed by atoms with E-state index in [0.717, 1.165) is 50.5 Å². The summed E-state index contributed by atoms with van der Waals surface area (Å²) in [4.78, 5) is 14.6. The van der Waals surface area contributed by atoms with Gasteiger partial charge >= 0.3 is 5.97 Å². The average Bonchev–Trinajstić information content (AvgIpc) is 2.45. The minimum Gasteiger partial charge on any atom is -0.465 e. The molecule has 0 atom stereocenters. The third-order valence-corrected chi connectivity index (χ3v) is 4.78. The standard InChI is InChI=1S/C14H28N2O2S/c1-4-16(5-2)10-9-15-14(13(17)18-6-3)7-11-19-12-8-14/h15H,4-12H2,1-3H3. The Bertz CT molecular complexity index is 264. The van der Waals surface area contributed by atoms with Crippen LogP contribution in [0.1, 0.15) is 33.6 Å². The maximum Gasteiger partial charge on any atom is 0.326 e. The maximum absolute atomic E-state index is 12.2. The van der Waals surface area contributed by atoms with Crippen molar-refractivity contribution in [2.24, 2.45) is 0 Å². The quantitative estimate of drug-likeness (QED) is 0.689. The topological polar surface area (TPSA) is 41.6 Å². The Balaban J connectivity index is 2.52. The zero-order valence-electron chi connectivity index (χ0n) is 12.5. The van der Waals surface area contributed by atoms with Crippen LogP contribution in [0.25, 0.3) is 0 Å². The van der Waals surface area contributed by atoms with Crippen molar-refractivity contribution in [3.05, 3.63) is 0 Å². The summed E-state index contributed by atoms with van der Waals surface area (Å²) in [5.41, 5.74) is -0.436. The summed E-state index contributed by atoms with van der Waals surface area (Å²) in [6.07, 6.45) is 1.77. The first-order valence-electron chi connectivity index (χ1n) is 7.40. The number of hydrogen-bond acceptors (Lipinski definition) is 5. The first kappa shape index (κ1) is 16.8. The lowest BCUT2D eigenvalue weighted by Gasteiger charge is -2.36. The number of likely N-dealkylation sites (N-methyl/N-ethyl adjacent to an activating group) is 1. The van der Waals surface area contributed by atoms with E-state index >= 15 is 0 Å². The smallest absolute Gasteiger partial charge is 0.326 e. The molecule has 0 aromatic carbocycles. The fraction of sp³-hybridized carbons (Fsp3) is 0.929. The summed E-state index contributed by atoms with van der Waals surface area (Å²) >= 11 is 1.92. The Morgan fingerprint density at radius 3 is 2.42 bits per heavy atom. The van der Waals surface area contributed by atoms with Gasteiger partial charge in [-0.3, -0.25) is 4.79 Å². The van der Waals surface area contributed by atoms with Gasteiger partial charge in [-0.05, 0) is 44.4 Å². The van der Waals surface area contributed by atoms with Gasteiger partial charge in [-0.2, -0.15) is 11.8 Å². The molecule has 0 amide bonds. The van der Waals surface area contributed by atoms with Gasteiger partial charge in [0, 0.05) is 13.1 Å². The minimum atomic E-state index is -0.436. The van der Waals surface area contributed by atoms with Crippen molar-refractivity contribution < 1.29 is 9.53 Å². The molecule has 1 aliphatic rings. The van der Waals surface area contributed by atoms with Crippen molar-refractivity contribution in [2.75, 3.05) is 44.3 Å². The van der Waals surface area contributed by atoms with Crippen LogP contribution in [0.4, 0.5) is 0 Å². The van der Waals surface area contributed by atoms with E-state index in [0.29, 0.717) is 6.61 Å². The van der Waals surface area contributed by atoms with E-state index in [1.54, 1.807) is 0 Å². The number of carbonyl (C=O) groups excluding carboxylic acids is 1. The Hall–Kier alpha value is -0.260. The molecule has 1 rings (SSSR count). The highest BCUT2D eigenvalue weighted by atomic mass is 32.2. The molecule has 1 saturated heterocycles. The summed E-state index contributed by atoms with van der Waals surface area (Å²) in [5, 5.41) is 3.49. The van der Waals surface area contributed by atoms with Crippen molar-refractivity contribution in [1.82, 2.24) is 10.2 Å². The fourth-order valence-corrected chi connectivity index (χ4v) is 3.63. The van der Waals surface area contributed by atoms with Gasteiger partial charge in [-0.25, -0.2) is 0 Å². The number of nitrogens with one attached hydrogen (secondary N) is 1. The largest absolute Gasteiger partial charge is 0.465 e. The fourth-order valence-electron chi connectivity index (χ4n) is 2.44. The van der Waals surface area contributed by atoms with Crippen molar-refractivity contribution in [3.63, 3.8) is 0 Å². The van der Waals surface area contributed by atoms with E-state index in [2.05, 4.69) is 24.1 Å². The SMILES string of the molecule is CCOC(=O)C1(NCCN(CC)CC)CCSCC1. The van der Waals surface area contributed by atoms with E-state index < -0.39 is 5.54 Å². The van der Waals surface area contributed by atoms with Gasteiger partial charge in [0.15, 0.2) is 0 Å². The number of carbonyl (C=O) groups is 1. The van der Waals surface area contributed by atoms with Gasteiger partial charge in [0.2, 0.25) is 0 Å². The van der Waals surface area contributed by atoms with Gasteiger partial charge in [-0.1, -0.05) is 13.8 Å². The maximum atomic E-state index is 12.2. The van der Waals surface area contributed by atoms with Crippen molar-refractivity contribution in [3.8, 4) is 0 Å². The molecule has 19 heavy (non-hydrogen) atoms. The Morgan fingerprint density at radius 1 is 1.26 bits per heavy atom. The molecule has 1 aliphatic heterocycles. The molecule has 1 N–H and O–H groups in total. The third-order valence-electron chi connectivity index (χ3n) is 3.80. The van der Waals surface area contributed by atoms with Crippen LogP contribution in [-0.4, -0.2) is 60.7 Å². The minimum absolute atomic E-state index is 0.0603. The van der Waals surface area contributed by atoms with Crippen molar-refractivity contribution >= 4 is 17.7 Å². The molecular weight excluding hydrogens is 260 g/mol. The van der Waals surface area contributed by atoms with Gasteiger partial charge in [0.1, 0.15) is 5.54 Å². The number of hydrogen-bond donors (Lipinski definition) is 1. The molecule has 5 heteroatoms. The summed E-state index contributed by atoms with van der Waals surface area (Å²) in [6, 6.07) is 0. The molecule has 0 aliphatic carbocycles. The lowest BCUT2D eigenvalue weighted by Crippen LogP contribution is -2.56. The highest BCUT2D eigenvalue weighted by Crippen LogP contribution is 2.28. The number of esters is 1. The van der Waals surface area contributed by atoms with Crippen LogP contribution in [0.15, 0.2) is 0 Å². The van der Waals surface area contributed by atoms with Crippen molar-refractivity contribution in [1.29, 1.82) is 0 Å². The zero-order chi connectivity index (χ0) is 14.1. The van der Waals surface area contributed by atoms with Crippen LogP contribution in [0, 0.1) is 0 Å². The second-order valence-electron chi connectivity index (χ2n) is 4.87. The number of rotatable bonds is 8. The number of ether oxygens (including phenoxy) is 1. The molecule has 1 fully saturated rings. The lowest BCUT2D eigenvalue weighted by molar-refractivity contribution is -0.151. The number of thioether (sulfide) groups is 1. The molecule has 0 unspecified atom stereocenters.